The van der Waals surface area contributed by atoms with Gasteiger partial charge in [-0.2, -0.15) is 0 Å². The maximum Gasteiger partial charge on any atom is 0.126 e. The van der Waals surface area contributed by atoms with Gasteiger partial charge in [-0.15, -0.1) is 0 Å². The second-order valence-corrected chi connectivity index (χ2v) is 4.12. The van der Waals surface area contributed by atoms with Crippen molar-refractivity contribution in [2.75, 3.05) is 0 Å². The molecule has 0 aliphatic carbocycles. The van der Waals surface area contributed by atoms with Crippen LogP contribution in [0.25, 0.3) is 0 Å². The Kier molecular flexibility index (Phi) is 3.47. The summed E-state index contributed by atoms with van der Waals surface area (Å²) in [6.07, 6.45) is 1.64. The number of phenols is 1. The van der Waals surface area contributed by atoms with Gasteiger partial charge in [0, 0.05) is 11.8 Å². The maximum absolute atomic E-state index is 10.1. The highest BCUT2D eigenvalue weighted by Gasteiger charge is 2.20. The van der Waals surface area contributed by atoms with Crippen LogP contribution in [0.15, 0.2) is 30.7 Å². The predicted molar refractivity (Wildman–Crippen MR) is 64.2 cm³/mol. The average molecular weight is 271 g/mol. The van der Waals surface area contributed by atoms with E-state index in [0.717, 1.165) is 0 Å². The van der Waals surface area contributed by atoms with Crippen LogP contribution in [0, 0.1) is 0 Å². The van der Waals surface area contributed by atoms with Crippen LogP contribution in [0.1, 0.15) is 17.4 Å². The van der Waals surface area contributed by atoms with Gasteiger partial charge >= 0.3 is 0 Å². The molecule has 2 aromatic rings. The molecule has 0 saturated carbocycles. The SMILES string of the molecule is Oc1ccc(Cl)c(Cl)c1C(O)c1ccncn1. The van der Waals surface area contributed by atoms with E-state index in [1.54, 1.807) is 0 Å². The summed E-state index contributed by atoms with van der Waals surface area (Å²) in [7, 11) is 0. The Morgan fingerprint density at radius 3 is 2.59 bits per heavy atom. The van der Waals surface area contributed by atoms with Gasteiger partial charge in [-0.25, -0.2) is 9.97 Å². The van der Waals surface area contributed by atoms with Gasteiger partial charge in [0.15, 0.2) is 0 Å². The molecule has 2 rings (SSSR count). The molecule has 0 aliphatic heterocycles. The standard InChI is InChI=1S/C11H8Cl2N2O2/c12-6-1-2-8(16)9(10(6)13)11(17)7-3-4-14-5-15-7/h1-5,11,16-17H. The first-order valence-corrected chi connectivity index (χ1v) is 5.47. The molecule has 88 valence electrons. The third kappa shape index (κ3) is 2.34. The Hall–Kier alpha value is -1.36. The molecule has 0 bridgehead atoms. The van der Waals surface area contributed by atoms with Gasteiger partial charge in [-0.3, -0.25) is 0 Å². The summed E-state index contributed by atoms with van der Waals surface area (Å²) in [5, 5.41) is 20.2. The highest BCUT2D eigenvalue weighted by atomic mass is 35.5. The van der Waals surface area contributed by atoms with Crippen LogP contribution in [0.2, 0.25) is 10.0 Å². The highest BCUT2D eigenvalue weighted by molar-refractivity contribution is 6.42. The van der Waals surface area contributed by atoms with E-state index in [4.69, 9.17) is 23.2 Å². The highest BCUT2D eigenvalue weighted by Crippen LogP contribution is 2.38. The summed E-state index contributed by atoms with van der Waals surface area (Å²) in [6.45, 7) is 0. The number of aromatic hydroxyl groups is 1. The molecule has 1 aromatic heterocycles. The fraction of sp³-hybridized carbons (Fsp3) is 0.0909. The van der Waals surface area contributed by atoms with Crippen LogP contribution in [0.4, 0.5) is 0 Å². The van der Waals surface area contributed by atoms with Crippen LogP contribution in [-0.2, 0) is 0 Å². The van der Waals surface area contributed by atoms with E-state index in [-0.39, 0.29) is 21.4 Å². The number of hydrogen-bond acceptors (Lipinski definition) is 4. The minimum absolute atomic E-state index is 0.109. The minimum Gasteiger partial charge on any atom is -0.508 e. The molecule has 4 nitrogen and oxygen atoms in total. The third-order valence-electron chi connectivity index (χ3n) is 2.27. The van der Waals surface area contributed by atoms with Crippen LogP contribution < -0.4 is 0 Å². The lowest BCUT2D eigenvalue weighted by Crippen LogP contribution is -2.03. The van der Waals surface area contributed by atoms with Crippen LogP contribution in [0.3, 0.4) is 0 Å². The van der Waals surface area contributed by atoms with Crippen LogP contribution >= 0.6 is 23.2 Å². The summed E-state index contributed by atoms with van der Waals surface area (Å²) < 4.78 is 0. The Balaban J connectivity index is 2.51. The summed E-state index contributed by atoms with van der Waals surface area (Å²) >= 11 is 11.8. The summed E-state index contributed by atoms with van der Waals surface area (Å²) in [6, 6.07) is 4.35. The van der Waals surface area contributed by atoms with Crippen molar-refractivity contribution in [2.24, 2.45) is 0 Å². The topological polar surface area (TPSA) is 66.2 Å². The molecule has 0 fully saturated rings. The Morgan fingerprint density at radius 1 is 1.18 bits per heavy atom. The minimum atomic E-state index is -1.15. The quantitative estimate of drug-likeness (QED) is 0.880. The Labute approximate surface area is 107 Å². The first-order valence-electron chi connectivity index (χ1n) is 4.72. The van der Waals surface area contributed by atoms with Gasteiger partial charge in [0.2, 0.25) is 0 Å². The fourth-order valence-electron chi connectivity index (χ4n) is 1.43. The third-order valence-corrected chi connectivity index (χ3v) is 3.09. The molecule has 0 amide bonds. The molecule has 0 radical (unpaired) electrons. The lowest BCUT2D eigenvalue weighted by atomic mass is 10.1. The second-order valence-electron chi connectivity index (χ2n) is 3.33. The van der Waals surface area contributed by atoms with Gasteiger partial charge < -0.3 is 10.2 Å². The number of phenolic OH excluding ortho intramolecular Hbond substituents is 1. The fourth-order valence-corrected chi connectivity index (χ4v) is 1.85. The summed E-state index contributed by atoms with van der Waals surface area (Å²) in [4.78, 5) is 7.63. The van der Waals surface area contributed by atoms with E-state index in [1.165, 1.54) is 30.7 Å². The lowest BCUT2D eigenvalue weighted by Gasteiger charge is -2.14. The predicted octanol–water partition coefficient (Wildman–Crippen LogP) is 2.57. The number of nitrogens with zero attached hydrogens (tertiary/aromatic N) is 2. The number of aliphatic hydroxyl groups is 1. The smallest absolute Gasteiger partial charge is 0.126 e. The first-order chi connectivity index (χ1) is 8.11. The molecule has 1 atom stereocenters. The lowest BCUT2D eigenvalue weighted by molar-refractivity contribution is 0.210. The van der Waals surface area contributed by atoms with Crippen molar-refractivity contribution in [3.63, 3.8) is 0 Å². The van der Waals surface area contributed by atoms with Crippen molar-refractivity contribution in [1.29, 1.82) is 0 Å². The van der Waals surface area contributed by atoms with Crippen LogP contribution in [-0.4, -0.2) is 20.2 Å². The molecule has 0 spiro atoms. The van der Waals surface area contributed by atoms with E-state index >= 15 is 0 Å². The monoisotopic (exact) mass is 270 g/mol. The summed E-state index contributed by atoms with van der Waals surface area (Å²) in [5.74, 6) is -0.134. The molecular weight excluding hydrogens is 263 g/mol. The number of rotatable bonds is 2. The second kappa shape index (κ2) is 4.87. The van der Waals surface area contributed by atoms with Crippen molar-refractivity contribution in [1.82, 2.24) is 9.97 Å². The maximum atomic E-state index is 10.1. The van der Waals surface area contributed by atoms with E-state index in [2.05, 4.69) is 9.97 Å². The first kappa shape index (κ1) is 12.1. The van der Waals surface area contributed by atoms with Gasteiger partial charge in [0.25, 0.3) is 0 Å². The molecular formula is C11H8Cl2N2O2. The zero-order chi connectivity index (χ0) is 12.4. The van der Waals surface area contributed by atoms with Crippen molar-refractivity contribution in [2.45, 2.75) is 6.10 Å². The molecule has 1 aromatic carbocycles. The molecule has 0 saturated heterocycles. The number of hydrogen-bond donors (Lipinski definition) is 2. The number of halogens is 2. The summed E-state index contributed by atoms with van der Waals surface area (Å²) in [5.41, 5.74) is 0.470. The molecule has 1 unspecified atom stereocenters. The van der Waals surface area contributed by atoms with Crippen molar-refractivity contribution >= 4 is 23.2 Å². The zero-order valence-corrected chi connectivity index (χ0v) is 10.0. The van der Waals surface area contributed by atoms with E-state index in [9.17, 15) is 10.2 Å². The zero-order valence-electron chi connectivity index (χ0n) is 8.51. The molecule has 1 heterocycles. The van der Waals surface area contributed by atoms with E-state index < -0.39 is 6.10 Å². The van der Waals surface area contributed by atoms with Gasteiger partial charge in [0.1, 0.15) is 18.2 Å². The number of aromatic nitrogens is 2. The largest absolute Gasteiger partial charge is 0.508 e. The Bertz CT molecular complexity index is 534. The average Bonchev–Trinajstić information content (AvgIpc) is 2.35. The van der Waals surface area contributed by atoms with Crippen molar-refractivity contribution < 1.29 is 10.2 Å². The van der Waals surface area contributed by atoms with E-state index in [0.29, 0.717) is 5.69 Å². The van der Waals surface area contributed by atoms with E-state index in [1.807, 2.05) is 0 Å². The van der Waals surface area contributed by atoms with Gasteiger partial charge in [-0.05, 0) is 18.2 Å². The normalized spacial score (nSPS) is 12.4. The Morgan fingerprint density at radius 2 is 1.94 bits per heavy atom. The molecule has 6 heteroatoms. The van der Waals surface area contributed by atoms with Crippen LogP contribution in [0.5, 0.6) is 5.75 Å². The molecule has 17 heavy (non-hydrogen) atoms. The van der Waals surface area contributed by atoms with Crippen molar-refractivity contribution in [3.8, 4) is 5.75 Å². The van der Waals surface area contributed by atoms with Gasteiger partial charge in [-0.1, -0.05) is 23.2 Å². The molecule has 2 N–H and O–H groups in total. The van der Waals surface area contributed by atoms with Gasteiger partial charge in [0.05, 0.1) is 15.7 Å². The van der Waals surface area contributed by atoms with Crippen molar-refractivity contribution in [3.05, 3.63) is 52.0 Å². The number of aliphatic hydroxyl groups excluding tert-OH is 1. The number of benzene rings is 1. The molecule has 0 aliphatic rings.